The maximum atomic E-state index is 10.2. The fourth-order valence-corrected chi connectivity index (χ4v) is 2.36. The number of hydrogen-bond donors (Lipinski definition) is 1. The van der Waals surface area contributed by atoms with E-state index >= 15 is 0 Å². The van der Waals surface area contributed by atoms with Crippen molar-refractivity contribution in [1.29, 1.82) is 0 Å². The first-order valence-corrected chi connectivity index (χ1v) is 6.37. The molecule has 1 aliphatic carbocycles. The Labute approximate surface area is 106 Å². The van der Waals surface area contributed by atoms with Gasteiger partial charge in [-0.1, -0.05) is 12.1 Å². The maximum absolute atomic E-state index is 10.2. The topological polar surface area (TPSA) is 47.9 Å². The van der Waals surface area contributed by atoms with E-state index in [0.717, 1.165) is 31.4 Å². The van der Waals surface area contributed by atoms with Crippen molar-refractivity contribution in [2.45, 2.75) is 31.0 Å². The van der Waals surface area contributed by atoms with Crippen LogP contribution in [0.25, 0.3) is 0 Å². The second-order valence-corrected chi connectivity index (χ2v) is 4.97. The number of ether oxygens (including phenoxy) is 3. The average Bonchev–Trinajstić information content (AvgIpc) is 2.92. The molecule has 1 saturated carbocycles. The van der Waals surface area contributed by atoms with Gasteiger partial charge in [-0.25, -0.2) is 0 Å². The van der Waals surface area contributed by atoms with Crippen molar-refractivity contribution in [2.24, 2.45) is 0 Å². The molecule has 1 aliphatic heterocycles. The van der Waals surface area contributed by atoms with Crippen LogP contribution in [0.4, 0.5) is 0 Å². The maximum Gasteiger partial charge on any atom is 0.166 e. The molecule has 0 amide bonds. The van der Waals surface area contributed by atoms with E-state index in [2.05, 4.69) is 0 Å². The molecule has 2 fully saturated rings. The summed E-state index contributed by atoms with van der Waals surface area (Å²) >= 11 is 0. The minimum absolute atomic E-state index is 0.0861. The van der Waals surface area contributed by atoms with Crippen molar-refractivity contribution < 1.29 is 19.3 Å². The quantitative estimate of drug-likeness (QED) is 0.886. The van der Waals surface area contributed by atoms with Crippen molar-refractivity contribution in [3.63, 3.8) is 0 Å². The fourth-order valence-electron chi connectivity index (χ4n) is 2.36. The molecule has 0 spiro atoms. The molecule has 98 valence electrons. The lowest BCUT2D eigenvalue weighted by atomic mass is 10.1. The number of benzene rings is 1. The molecule has 4 nitrogen and oxygen atoms in total. The summed E-state index contributed by atoms with van der Waals surface area (Å²) in [4.78, 5) is 0. The highest BCUT2D eigenvalue weighted by molar-refractivity contribution is 5.51. The Kier molecular flexibility index (Phi) is 2.92. The molecule has 1 aromatic carbocycles. The average molecular weight is 250 g/mol. The zero-order valence-electron chi connectivity index (χ0n) is 10.5. The van der Waals surface area contributed by atoms with Gasteiger partial charge in [0.2, 0.25) is 0 Å². The summed E-state index contributed by atoms with van der Waals surface area (Å²) in [6.45, 7) is 1.37. The molecular weight excluding hydrogens is 232 g/mol. The van der Waals surface area contributed by atoms with Gasteiger partial charge in [-0.2, -0.15) is 0 Å². The van der Waals surface area contributed by atoms with Crippen molar-refractivity contribution in [2.75, 3.05) is 20.3 Å². The van der Waals surface area contributed by atoms with Gasteiger partial charge in [0.25, 0.3) is 0 Å². The van der Waals surface area contributed by atoms with Crippen LogP contribution in [0.2, 0.25) is 0 Å². The minimum Gasteiger partial charge on any atom is -0.492 e. The van der Waals surface area contributed by atoms with E-state index < -0.39 is 5.60 Å². The third kappa shape index (κ3) is 2.06. The van der Waals surface area contributed by atoms with Crippen LogP contribution < -0.4 is 9.47 Å². The van der Waals surface area contributed by atoms with Crippen LogP contribution in [0, 0.1) is 0 Å². The van der Waals surface area contributed by atoms with Crippen LogP contribution in [0.15, 0.2) is 18.2 Å². The molecule has 1 unspecified atom stereocenters. The molecule has 1 atom stereocenters. The third-order valence-corrected chi connectivity index (χ3v) is 3.59. The van der Waals surface area contributed by atoms with Gasteiger partial charge in [-0.3, -0.25) is 0 Å². The molecule has 1 N–H and O–H groups in total. The van der Waals surface area contributed by atoms with E-state index in [4.69, 9.17) is 14.2 Å². The van der Waals surface area contributed by atoms with Gasteiger partial charge in [0.1, 0.15) is 6.10 Å². The normalized spacial score (nSPS) is 24.9. The van der Waals surface area contributed by atoms with Crippen LogP contribution in [0.1, 0.15) is 24.8 Å². The fraction of sp³-hybridized carbons (Fsp3) is 0.571. The van der Waals surface area contributed by atoms with Crippen molar-refractivity contribution >= 4 is 0 Å². The summed E-state index contributed by atoms with van der Waals surface area (Å²) < 4.78 is 16.6. The number of methoxy groups -OCH3 is 1. The number of aliphatic hydroxyl groups is 1. The van der Waals surface area contributed by atoms with Crippen molar-refractivity contribution in [3.8, 4) is 11.5 Å². The Hall–Kier alpha value is -1.26. The molecule has 0 aromatic heterocycles. The number of hydrogen-bond acceptors (Lipinski definition) is 4. The summed E-state index contributed by atoms with van der Waals surface area (Å²) in [5, 5.41) is 10.2. The molecular formula is C14H18O4. The second kappa shape index (κ2) is 4.44. The molecule has 18 heavy (non-hydrogen) atoms. The molecule has 0 bridgehead atoms. The van der Waals surface area contributed by atoms with Gasteiger partial charge >= 0.3 is 0 Å². The number of rotatable bonds is 4. The van der Waals surface area contributed by atoms with E-state index in [9.17, 15) is 5.11 Å². The zero-order valence-corrected chi connectivity index (χ0v) is 10.5. The Balaban J connectivity index is 1.88. The molecule has 4 heteroatoms. The summed E-state index contributed by atoms with van der Waals surface area (Å²) in [7, 11) is 1.61. The summed E-state index contributed by atoms with van der Waals surface area (Å²) in [6, 6.07) is 5.69. The lowest BCUT2D eigenvalue weighted by Crippen LogP contribution is -2.17. The van der Waals surface area contributed by atoms with Gasteiger partial charge in [-0.05, 0) is 18.9 Å². The first-order chi connectivity index (χ1) is 8.73. The molecule has 1 aromatic rings. The summed E-state index contributed by atoms with van der Waals surface area (Å²) in [5.41, 5.74) is 0.123. The van der Waals surface area contributed by atoms with Gasteiger partial charge in [-0.15, -0.1) is 0 Å². The minimum atomic E-state index is -0.711. The van der Waals surface area contributed by atoms with Crippen LogP contribution >= 0.6 is 0 Å². The SMILES string of the molecule is COc1c(OC2CCOC2)cccc1C1(O)CC1. The predicted octanol–water partition coefficient (Wildman–Crippen LogP) is 1.84. The predicted molar refractivity (Wildman–Crippen MR) is 66.0 cm³/mol. The third-order valence-electron chi connectivity index (χ3n) is 3.59. The van der Waals surface area contributed by atoms with Crippen molar-refractivity contribution in [1.82, 2.24) is 0 Å². The van der Waals surface area contributed by atoms with Gasteiger partial charge in [0.15, 0.2) is 11.5 Å². The highest BCUT2D eigenvalue weighted by atomic mass is 16.6. The Morgan fingerprint density at radius 1 is 1.39 bits per heavy atom. The van der Waals surface area contributed by atoms with E-state index in [1.165, 1.54) is 0 Å². The van der Waals surface area contributed by atoms with Gasteiger partial charge < -0.3 is 19.3 Å². The summed E-state index contributed by atoms with van der Waals surface area (Å²) in [6.07, 6.45) is 2.57. The van der Waals surface area contributed by atoms with E-state index in [-0.39, 0.29) is 6.10 Å². The van der Waals surface area contributed by atoms with Crippen LogP contribution in [-0.4, -0.2) is 31.5 Å². The largest absolute Gasteiger partial charge is 0.492 e. The zero-order chi connectivity index (χ0) is 12.6. The first-order valence-electron chi connectivity index (χ1n) is 6.37. The Morgan fingerprint density at radius 3 is 2.83 bits per heavy atom. The van der Waals surface area contributed by atoms with E-state index in [1.54, 1.807) is 7.11 Å². The molecule has 1 heterocycles. The number of para-hydroxylation sites is 1. The highest BCUT2D eigenvalue weighted by Crippen LogP contribution is 2.51. The van der Waals surface area contributed by atoms with Crippen LogP contribution in [-0.2, 0) is 10.3 Å². The van der Waals surface area contributed by atoms with Crippen LogP contribution in [0.3, 0.4) is 0 Å². The monoisotopic (exact) mass is 250 g/mol. The molecule has 1 saturated heterocycles. The Morgan fingerprint density at radius 2 is 2.22 bits per heavy atom. The summed E-state index contributed by atoms with van der Waals surface area (Å²) in [5.74, 6) is 1.36. The molecule has 2 aliphatic rings. The first kappa shape index (κ1) is 11.8. The van der Waals surface area contributed by atoms with Gasteiger partial charge in [0, 0.05) is 12.0 Å². The Bertz CT molecular complexity index is 433. The molecule has 0 radical (unpaired) electrons. The van der Waals surface area contributed by atoms with Crippen LogP contribution in [0.5, 0.6) is 11.5 Å². The second-order valence-electron chi connectivity index (χ2n) is 4.97. The van der Waals surface area contributed by atoms with E-state index in [0.29, 0.717) is 18.1 Å². The molecule has 3 rings (SSSR count). The lowest BCUT2D eigenvalue weighted by Gasteiger charge is -2.19. The highest BCUT2D eigenvalue weighted by Gasteiger charge is 2.45. The lowest BCUT2D eigenvalue weighted by molar-refractivity contribution is 0.133. The smallest absolute Gasteiger partial charge is 0.166 e. The van der Waals surface area contributed by atoms with Crippen molar-refractivity contribution in [3.05, 3.63) is 23.8 Å². The van der Waals surface area contributed by atoms with Gasteiger partial charge in [0.05, 0.1) is 25.9 Å². The standard InChI is InChI=1S/C14H18O4/c1-16-13-11(14(15)6-7-14)3-2-4-12(13)18-10-5-8-17-9-10/h2-4,10,15H,5-9H2,1H3. The van der Waals surface area contributed by atoms with E-state index in [1.807, 2.05) is 18.2 Å².